The maximum absolute atomic E-state index is 12.8. The van der Waals surface area contributed by atoms with Gasteiger partial charge in [0.05, 0.1) is 19.2 Å². The van der Waals surface area contributed by atoms with Gasteiger partial charge in [-0.15, -0.1) is 0 Å². The molecule has 2 saturated heterocycles. The smallest absolute Gasteiger partial charge is 0.242 e. The second-order valence-corrected chi connectivity index (χ2v) is 9.12. The molecule has 1 unspecified atom stereocenters. The van der Waals surface area contributed by atoms with Gasteiger partial charge in [-0.1, -0.05) is 26.0 Å². The Kier molecular flexibility index (Phi) is 8.07. The fourth-order valence-corrected chi connectivity index (χ4v) is 4.24. The Morgan fingerprint density at radius 3 is 2.61 bits per heavy atom. The molecular weight excluding hydrogens is 394 g/mol. The molecule has 1 N–H and O–H groups in total. The fraction of sp³-hybridized carbons (Fsp3) is 0.625. The second kappa shape index (κ2) is 10.8. The zero-order chi connectivity index (χ0) is 22.4. The number of nitrogens with one attached hydrogen (secondary N) is 1. The molecule has 0 spiro atoms. The molecule has 2 aliphatic heterocycles. The van der Waals surface area contributed by atoms with E-state index in [0.717, 1.165) is 25.8 Å². The number of likely N-dealkylation sites (tertiary alicyclic amines) is 1. The highest BCUT2D eigenvalue weighted by atomic mass is 16.5. The first-order valence-electron chi connectivity index (χ1n) is 11.4. The highest BCUT2D eigenvalue weighted by molar-refractivity contribution is 5.94. The topological polar surface area (TPSA) is 79.0 Å². The molecule has 0 radical (unpaired) electrons. The van der Waals surface area contributed by atoms with Crippen LogP contribution in [0, 0.1) is 11.8 Å². The van der Waals surface area contributed by atoms with Crippen molar-refractivity contribution in [1.82, 2.24) is 15.1 Å². The summed E-state index contributed by atoms with van der Waals surface area (Å²) in [6.07, 6.45) is 2.55. The highest BCUT2D eigenvalue weighted by Crippen LogP contribution is 2.21. The minimum absolute atomic E-state index is 0.0239. The maximum atomic E-state index is 12.8. The lowest BCUT2D eigenvalue weighted by atomic mass is 9.97. The van der Waals surface area contributed by atoms with Crippen molar-refractivity contribution in [3.05, 3.63) is 29.8 Å². The Bertz CT molecular complexity index is 787. The Morgan fingerprint density at radius 2 is 1.94 bits per heavy atom. The number of Topliss-reactive ketones (excluding diaryl/α,β-unsaturated/α-hetero) is 1. The molecule has 2 fully saturated rings. The van der Waals surface area contributed by atoms with Gasteiger partial charge < -0.3 is 19.9 Å². The second-order valence-electron chi connectivity index (χ2n) is 9.12. The van der Waals surface area contributed by atoms with Gasteiger partial charge in [0.1, 0.15) is 5.75 Å². The van der Waals surface area contributed by atoms with E-state index in [9.17, 15) is 14.4 Å². The quantitative estimate of drug-likeness (QED) is 0.642. The van der Waals surface area contributed by atoms with E-state index in [1.54, 1.807) is 24.0 Å². The van der Waals surface area contributed by atoms with Crippen molar-refractivity contribution >= 4 is 17.6 Å². The van der Waals surface area contributed by atoms with Crippen LogP contribution in [-0.2, 0) is 9.59 Å². The SMILES string of the molecule is CC(=O)c1cccc(OCC2CCN(C(=O)CN3CCNC(CC(C)C)C3=O)CC2)c1. The van der Waals surface area contributed by atoms with Crippen LogP contribution in [-0.4, -0.2) is 72.8 Å². The predicted molar refractivity (Wildman–Crippen MR) is 119 cm³/mol. The van der Waals surface area contributed by atoms with E-state index in [4.69, 9.17) is 4.74 Å². The number of nitrogens with zero attached hydrogens (tertiary/aromatic N) is 2. The van der Waals surface area contributed by atoms with E-state index in [1.807, 2.05) is 17.0 Å². The molecule has 0 bridgehead atoms. The number of benzene rings is 1. The van der Waals surface area contributed by atoms with Gasteiger partial charge in [0.2, 0.25) is 11.8 Å². The van der Waals surface area contributed by atoms with Crippen LogP contribution in [0.5, 0.6) is 5.75 Å². The lowest BCUT2D eigenvalue weighted by Crippen LogP contribution is -2.57. The van der Waals surface area contributed by atoms with Gasteiger partial charge in [0.25, 0.3) is 0 Å². The number of piperidine rings is 1. The third-order valence-electron chi connectivity index (χ3n) is 6.11. The number of ether oxygens (including phenoxy) is 1. The van der Waals surface area contributed by atoms with Gasteiger partial charge >= 0.3 is 0 Å². The number of carbonyl (C=O) groups is 3. The van der Waals surface area contributed by atoms with Gasteiger partial charge in [-0.3, -0.25) is 14.4 Å². The van der Waals surface area contributed by atoms with Crippen molar-refractivity contribution in [2.24, 2.45) is 11.8 Å². The van der Waals surface area contributed by atoms with Crippen LogP contribution < -0.4 is 10.1 Å². The zero-order valence-corrected chi connectivity index (χ0v) is 18.9. The molecule has 0 saturated carbocycles. The number of hydrogen-bond acceptors (Lipinski definition) is 5. The Hall–Kier alpha value is -2.41. The van der Waals surface area contributed by atoms with Gasteiger partial charge in [-0.2, -0.15) is 0 Å². The summed E-state index contributed by atoms with van der Waals surface area (Å²) in [5, 5.41) is 3.28. The van der Waals surface area contributed by atoms with Crippen LogP contribution in [0.15, 0.2) is 24.3 Å². The van der Waals surface area contributed by atoms with Crippen LogP contribution in [0.3, 0.4) is 0 Å². The van der Waals surface area contributed by atoms with Crippen LogP contribution in [0.4, 0.5) is 0 Å². The Morgan fingerprint density at radius 1 is 1.19 bits per heavy atom. The minimum Gasteiger partial charge on any atom is -0.493 e. The Labute approximate surface area is 185 Å². The number of carbonyl (C=O) groups excluding carboxylic acids is 3. The number of rotatable bonds is 8. The van der Waals surface area contributed by atoms with E-state index in [1.165, 1.54) is 0 Å². The number of amides is 2. The molecule has 3 rings (SSSR count). The molecule has 1 atom stereocenters. The van der Waals surface area contributed by atoms with Crippen molar-refractivity contribution in [3.63, 3.8) is 0 Å². The first-order chi connectivity index (χ1) is 14.8. The summed E-state index contributed by atoms with van der Waals surface area (Å²) in [6.45, 7) is 9.21. The average molecular weight is 430 g/mol. The number of hydrogen-bond donors (Lipinski definition) is 1. The van der Waals surface area contributed by atoms with Gasteiger partial charge in [-0.05, 0) is 50.2 Å². The molecule has 2 aliphatic rings. The summed E-state index contributed by atoms with van der Waals surface area (Å²) in [6, 6.07) is 7.08. The molecule has 1 aromatic carbocycles. The van der Waals surface area contributed by atoms with Gasteiger partial charge in [0.15, 0.2) is 5.78 Å². The molecule has 1 aromatic rings. The molecule has 170 valence electrons. The molecule has 31 heavy (non-hydrogen) atoms. The van der Waals surface area contributed by atoms with Crippen molar-refractivity contribution in [2.75, 3.05) is 39.3 Å². The molecular formula is C24H35N3O4. The summed E-state index contributed by atoms with van der Waals surface area (Å²) in [5.41, 5.74) is 0.649. The zero-order valence-electron chi connectivity index (χ0n) is 18.9. The maximum Gasteiger partial charge on any atom is 0.242 e. The first-order valence-corrected chi connectivity index (χ1v) is 11.4. The van der Waals surface area contributed by atoms with Gasteiger partial charge in [0, 0.05) is 31.7 Å². The number of ketones is 1. The predicted octanol–water partition coefficient (Wildman–Crippen LogP) is 2.35. The van der Waals surface area contributed by atoms with E-state index in [2.05, 4.69) is 19.2 Å². The van der Waals surface area contributed by atoms with Crippen molar-refractivity contribution in [1.29, 1.82) is 0 Å². The summed E-state index contributed by atoms with van der Waals surface area (Å²) >= 11 is 0. The minimum atomic E-state index is -0.175. The monoisotopic (exact) mass is 429 g/mol. The summed E-state index contributed by atoms with van der Waals surface area (Å²) in [5.74, 6) is 1.62. The standard InChI is InChI=1S/C24H35N3O4/c1-17(2)13-22-24(30)27(12-9-25-22)15-23(29)26-10-7-19(8-11-26)16-31-21-6-4-5-20(14-21)18(3)28/h4-6,14,17,19,22,25H,7-13,15-16H2,1-3H3. The van der Waals surface area contributed by atoms with Crippen LogP contribution in [0.2, 0.25) is 0 Å². The van der Waals surface area contributed by atoms with Crippen molar-refractivity contribution in [3.8, 4) is 5.75 Å². The van der Waals surface area contributed by atoms with E-state index in [0.29, 0.717) is 49.4 Å². The van der Waals surface area contributed by atoms with Crippen molar-refractivity contribution in [2.45, 2.75) is 46.1 Å². The van der Waals surface area contributed by atoms with Crippen LogP contribution in [0.1, 0.15) is 50.4 Å². The summed E-state index contributed by atoms with van der Waals surface area (Å²) in [4.78, 5) is 40.5. The lowest BCUT2D eigenvalue weighted by Gasteiger charge is -2.36. The lowest BCUT2D eigenvalue weighted by molar-refractivity contribution is -0.144. The van der Waals surface area contributed by atoms with Crippen molar-refractivity contribution < 1.29 is 19.1 Å². The molecule has 0 aliphatic carbocycles. The molecule has 0 aromatic heterocycles. The van der Waals surface area contributed by atoms with Crippen LogP contribution in [0.25, 0.3) is 0 Å². The third-order valence-corrected chi connectivity index (χ3v) is 6.11. The van der Waals surface area contributed by atoms with E-state index < -0.39 is 0 Å². The average Bonchev–Trinajstić information content (AvgIpc) is 2.75. The largest absolute Gasteiger partial charge is 0.493 e. The number of piperazine rings is 1. The van der Waals surface area contributed by atoms with E-state index >= 15 is 0 Å². The molecule has 2 amide bonds. The molecule has 7 nitrogen and oxygen atoms in total. The normalized spacial score (nSPS) is 20.3. The first kappa shape index (κ1) is 23.3. The summed E-state index contributed by atoms with van der Waals surface area (Å²) in [7, 11) is 0. The van der Waals surface area contributed by atoms with E-state index in [-0.39, 0.29) is 30.2 Å². The molecule has 2 heterocycles. The third kappa shape index (κ3) is 6.53. The van der Waals surface area contributed by atoms with Gasteiger partial charge in [-0.25, -0.2) is 0 Å². The fourth-order valence-electron chi connectivity index (χ4n) is 4.24. The highest BCUT2D eigenvalue weighted by Gasteiger charge is 2.31. The molecule has 7 heteroatoms. The summed E-state index contributed by atoms with van der Waals surface area (Å²) < 4.78 is 5.90. The van der Waals surface area contributed by atoms with Crippen LogP contribution >= 0.6 is 0 Å². The Balaban J connectivity index is 1.43.